The molecule has 1 saturated heterocycles. The third-order valence-electron chi connectivity index (χ3n) is 4.49. The van der Waals surface area contributed by atoms with Gasteiger partial charge in [-0.1, -0.05) is 13.8 Å². The minimum absolute atomic E-state index is 0.000885. The molecule has 1 atom stereocenters. The summed E-state index contributed by atoms with van der Waals surface area (Å²) in [5.74, 6) is 0.214. The van der Waals surface area contributed by atoms with Crippen molar-refractivity contribution in [2.45, 2.75) is 52.5 Å². The topological polar surface area (TPSA) is 58.4 Å². The van der Waals surface area contributed by atoms with Gasteiger partial charge in [-0.2, -0.15) is 5.10 Å². The highest BCUT2D eigenvalue weighted by Gasteiger charge is 2.26. The summed E-state index contributed by atoms with van der Waals surface area (Å²) in [6, 6.07) is 2.25. The molecule has 2 rings (SSSR count). The van der Waals surface area contributed by atoms with E-state index in [1.807, 2.05) is 22.6 Å². The molecule has 0 spiro atoms. The van der Waals surface area contributed by atoms with Gasteiger partial charge in [0.25, 0.3) is 5.91 Å². The molecule has 0 bridgehead atoms. The van der Waals surface area contributed by atoms with Crippen LogP contribution in [0, 0.1) is 12.8 Å². The van der Waals surface area contributed by atoms with E-state index in [4.69, 9.17) is 0 Å². The standard InChI is InChI=1S/C16H27N3O2/c1-4-14(5-2)19-12(3)9-15(17-19)16(21)18-8-6-7-13(10-18)11-20/h9,13-14,20H,4-8,10-11H2,1-3H3. The Bertz CT molecular complexity index is 480. The summed E-state index contributed by atoms with van der Waals surface area (Å²) < 4.78 is 1.99. The van der Waals surface area contributed by atoms with E-state index < -0.39 is 0 Å². The van der Waals surface area contributed by atoms with Crippen molar-refractivity contribution in [3.05, 3.63) is 17.5 Å². The quantitative estimate of drug-likeness (QED) is 0.907. The second kappa shape index (κ2) is 7.07. The largest absolute Gasteiger partial charge is 0.396 e. The highest BCUT2D eigenvalue weighted by Crippen LogP contribution is 2.21. The van der Waals surface area contributed by atoms with Gasteiger partial charge in [-0.05, 0) is 44.6 Å². The number of aromatic nitrogens is 2. The predicted molar refractivity (Wildman–Crippen MR) is 82.3 cm³/mol. The Labute approximate surface area is 126 Å². The molecule has 21 heavy (non-hydrogen) atoms. The first-order valence-corrected chi connectivity index (χ1v) is 8.06. The van der Waals surface area contributed by atoms with Crippen LogP contribution in [0.1, 0.15) is 61.8 Å². The number of likely N-dealkylation sites (tertiary alicyclic amines) is 1. The smallest absolute Gasteiger partial charge is 0.274 e. The number of hydrogen-bond acceptors (Lipinski definition) is 3. The van der Waals surface area contributed by atoms with E-state index in [9.17, 15) is 9.90 Å². The van der Waals surface area contributed by atoms with E-state index in [1.165, 1.54) is 0 Å². The summed E-state index contributed by atoms with van der Waals surface area (Å²) >= 11 is 0. The molecule has 5 nitrogen and oxygen atoms in total. The molecular weight excluding hydrogens is 266 g/mol. The average molecular weight is 293 g/mol. The minimum atomic E-state index is 0.000885. The van der Waals surface area contributed by atoms with E-state index in [0.29, 0.717) is 18.3 Å². The molecule has 5 heteroatoms. The van der Waals surface area contributed by atoms with Gasteiger partial charge in [0.2, 0.25) is 0 Å². The van der Waals surface area contributed by atoms with Gasteiger partial charge in [0.05, 0.1) is 6.04 Å². The van der Waals surface area contributed by atoms with Crippen molar-refractivity contribution < 1.29 is 9.90 Å². The number of piperidine rings is 1. The highest BCUT2D eigenvalue weighted by molar-refractivity contribution is 5.92. The van der Waals surface area contributed by atoms with E-state index in [-0.39, 0.29) is 18.4 Å². The van der Waals surface area contributed by atoms with Gasteiger partial charge >= 0.3 is 0 Å². The SMILES string of the molecule is CCC(CC)n1nc(C(=O)N2CCCC(CO)C2)cc1C. The van der Waals surface area contributed by atoms with Crippen molar-refractivity contribution >= 4 is 5.91 Å². The van der Waals surface area contributed by atoms with Gasteiger partial charge in [-0.3, -0.25) is 9.48 Å². The van der Waals surface area contributed by atoms with Crippen LogP contribution in [-0.2, 0) is 0 Å². The Morgan fingerprint density at radius 2 is 2.19 bits per heavy atom. The molecule has 1 amide bonds. The molecule has 118 valence electrons. The molecule has 1 unspecified atom stereocenters. The maximum absolute atomic E-state index is 12.6. The summed E-state index contributed by atoms with van der Waals surface area (Å²) in [5, 5.41) is 13.8. The van der Waals surface area contributed by atoms with Crippen molar-refractivity contribution in [1.82, 2.24) is 14.7 Å². The molecule has 0 radical (unpaired) electrons. The lowest BCUT2D eigenvalue weighted by Crippen LogP contribution is -2.41. The molecular formula is C16H27N3O2. The van der Waals surface area contributed by atoms with Crippen LogP contribution in [0.2, 0.25) is 0 Å². The van der Waals surface area contributed by atoms with Crippen LogP contribution >= 0.6 is 0 Å². The third-order valence-corrected chi connectivity index (χ3v) is 4.49. The molecule has 0 aromatic carbocycles. The van der Waals surface area contributed by atoms with Crippen LogP contribution in [0.4, 0.5) is 0 Å². The zero-order valence-corrected chi connectivity index (χ0v) is 13.4. The fraction of sp³-hybridized carbons (Fsp3) is 0.750. The van der Waals surface area contributed by atoms with Gasteiger partial charge in [0.15, 0.2) is 5.69 Å². The zero-order chi connectivity index (χ0) is 15.4. The first-order valence-electron chi connectivity index (χ1n) is 8.06. The maximum Gasteiger partial charge on any atom is 0.274 e. The summed E-state index contributed by atoms with van der Waals surface area (Å²) in [4.78, 5) is 14.4. The molecule has 2 heterocycles. The summed E-state index contributed by atoms with van der Waals surface area (Å²) in [7, 11) is 0. The normalized spacial score (nSPS) is 19.3. The maximum atomic E-state index is 12.6. The summed E-state index contributed by atoms with van der Waals surface area (Å²) in [6.45, 7) is 7.87. The number of aliphatic hydroxyl groups excluding tert-OH is 1. The van der Waals surface area contributed by atoms with Crippen LogP contribution in [0.15, 0.2) is 6.07 Å². The van der Waals surface area contributed by atoms with Crippen molar-refractivity contribution in [2.24, 2.45) is 5.92 Å². The fourth-order valence-corrected chi connectivity index (χ4v) is 3.16. The number of aryl methyl sites for hydroxylation is 1. The molecule has 0 aliphatic carbocycles. The van der Waals surface area contributed by atoms with E-state index in [0.717, 1.165) is 37.9 Å². The number of nitrogens with zero attached hydrogens (tertiary/aromatic N) is 3. The van der Waals surface area contributed by atoms with Crippen LogP contribution < -0.4 is 0 Å². The van der Waals surface area contributed by atoms with Crippen LogP contribution in [0.25, 0.3) is 0 Å². The van der Waals surface area contributed by atoms with Gasteiger partial charge < -0.3 is 10.0 Å². The van der Waals surface area contributed by atoms with Crippen molar-refractivity contribution in [3.8, 4) is 0 Å². The van der Waals surface area contributed by atoms with Crippen molar-refractivity contribution in [3.63, 3.8) is 0 Å². The Hall–Kier alpha value is -1.36. The number of hydrogen-bond donors (Lipinski definition) is 1. The second-order valence-electron chi connectivity index (χ2n) is 6.03. The number of amides is 1. The summed E-state index contributed by atoms with van der Waals surface area (Å²) in [5.41, 5.74) is 1.58. The Balaban J connectivity index is 2.14. The molecule has 0 saturated carbocycles. The van der Waals surface area contributed by atoms with Crippen molar-refractivity contribution in [1.29, 1.82) is 0 Å². The first-order chi connectivity index (χ1) is 10.1. The van der Waals surface area contributed by atoms with Crippen LogP contribution in [0.3, 0.4) is 0 Å². The van der Waals surface area contributed by atoms with E-state index >= 15 is 0 Å². The van der Waals surface area contributed by atoms with Crippen LogP contribution in [-0.4, -0.2) is 45.4 Å². The number of aliphatic hydroxyl groups is 1. The van der Waals surface area contributed by atoms with Crippen molar-refractivity contribution in [2.75, 3.05) is 19.7 Å². The van der Waals surface area contributed by atoms with Gasteiger partial charge in [-0.25, -0.2) is 0 Å². The number of rotatable bonds is 5. The molecule has 1 aromatic rings. The Morgan fingerprint density at radius 1 is 1.48 bits per heavy atom. The van der Waals surface area contributed by atoms with Crippen LogP contribution in [0.5, 0.6) is 0 Å². The fourth-order valence-electron chi connectivity index (χ4n) is 3.16. The molecule has 1 aliphatic rings. The average Bonchev–Trinajstić information content (AvgIpc) is 2.90. The Kier molecular flexibility index (Phi) is 5.39. The van der Waals surface area contributed by atoms with E-state index in [2.05, 4.69) is 18.9 Å². The lowest BCUT2D eigenvalue weighted by atomic mass is 9.99. The molecule has 1 N–H and O–H groups in total. The van der Waals surface area contributed by atoms with Gasteiger partial charge in [0, 0.05) is 25.4 Å². The lowest BCUT2D eigenvalue weighted by Gasteiger charge is -2.31. The molecule has 1 aliphatic heterocycles. The van der Waals surface area contributed by atoms with Gasteiger partial charge in [-0.15, -0.1) is 0 Å². The Morgan fingerprint density at radius 3 is 2.81 bits per heavy atom. The number of carbonyl (C=O) groups excluding carboxylic acids is 1. The summed E-state index contributed by atoms with van der Waals surface area (Å²) in [6.07, 6.45) is 4.00. The third kappa shape index (κ3) is 3.46. The second-order valence-corrected chi connectivity index (χ2v) is 6.03. The zero-order valence-electron chi connectivity index (χ0n) is 13.4. The van der Waals surface area contributed by atoms with E-state index in [1.54, 1.807) is 0 Å². The molecule has 1 fully saturated rings. The highest BCUT2D eigenvalue weighted by atomic mass is 16.3. The first kappa shape index (κ1) is 16.0. The minimum Gasteiger partial charge on any atom is -0.396 e. The monoisotopic (exact) mass is 293 g/mol. The predicted octanol–water partition coefficient (Wildman–Crippen LogP) is 2.40. The van der Waals surface area contributed by atoms with Gasteiger partial charge in [0.1, 0.15) is 0 Å². The lowest BCUT2D eigenvalue weighted by molar-refractivity contribution is 0.0613. The number of carbonyl (C=O) groups is 1. The molecule has 1 aromatic heterocycles.